The lowest BCUT2D eigenvalue weighted by atomic mass is 9.97. The van der Waals surface area contributed by atoms with Crippen molar-refractivity contribution < 1.29 is 89.8 Å². The molecule has 25 nitrogen and oxygen atoms in total. The smallest absolute Gasteiger partial charge is 0.332 e. The Hall–Kier alpha value is -10.3. The van der Waals surface area contributed by atoms with Gasteiger partial charge in [-0.1, -0.05) is 204 Å². The number of halogens is 20. The lowest BCUT2D eigenvalue weighted by molar-refractivity contribution is -0.142. The molecule has 12 rings (SSSR count). The molecule has 5 N–H and O–H groups in total. The quantitative estimate of drug-likeness (QED) is 0.0227. The largest absolute Gasteiger partial charge is 0.432 e. The van der Waals surface area contributed by atoms with Crippen molar-refractivity contribution in [2.75, 3.05) is 124 Å². The van der Waals surface area contributed by atoms with Gasteiger partial charge < -0.3 is 44.1 Å². The zero-order valence-electron chi connectivity index (χ0n) is 80.7. The van der Waals surface area contributed by atoms with Crippen LogP contribution in [0.25, 0.3) is 0 Å². The van der Waals surface area contributed by atoms with E-state index in [1.165, 1.54) is 26.0 Å². The standard InChI is InChI=1S/C21H29F3N4O.C19H21Cl2F3N4O.C19H22ClF3N4O.2C19H24ClF3N4O/c1-5-27(6-2)11-12-28(14-16-9-7-8-10-17(16)15(3)4)20(29)18-13-19(26-25-18)21(22,23)24;20-14-5-4-6-15(21)13(14)12-28(10-9-27-7-2-1-3-8-27)18(29)16-11-17(26-25-16)19(22,23)24;1-13(26-8-4-5-9-26)11-27(12-14-6-2-3-7-15(14)20)18(28)16-10-17(25-24-16)19(21,22)23;1-4-26(5-2)8-9-27(12-14-10-13(3)6-7-15(14)20)18(28)16-11-17(25-24-16)19(21,22)23;1-4-26(5-2)9-10-27(12-14-8-6-7-13(3)17(14)20)18(28)15-11-16(25-24-15)19(21,22)23/h7-10,13,15H,5-6,11-12,14H2,1-4H3,(H,25,26);4-6,11H,1-3,7-10,12H2,(H,25,26);2-3,6-7,10,13H,4-5,8-9,11-12H2,1H3,(H,24,25);6-7,10-11H,4-5,8-9,12H2,1-3H3,(H,24,25);6-8,11H,4-5,9-10,12H2,1-3H3,(H,24,25). The average molecular weight is 2110 g/mol. The Labute approximate surface area is 840 Å². The van der Waals surface area contributed by atoms with E-state index >= 15 is 0 Å². The number of hydrogen-bond donors (Lipinski definition) is 5. The van der Waals surface area contributed by atoms with Crippen LogP contribution < -0.4 is 0 Å². The van der Waals surface area contributed by atoms with Crippen molar-refractivity contribution in [1.82, 2.24) is 100.0 Å². The summed E-state index contributed by atoms with van der Waals surface area (Å²) >= 11 is 31.3. The van der Waals surface area contributed by atoms with E-state index in [0.29, 0.717) is 96.1 Å². The average Bonchev–Trinajstić information content (AvgIpc) is 1.65. The van der Waals surface area contributed by atoms with Gasteiger partial charge in [0.25, 0.3) is 29.5 Å². The fourth-order valence-corrected chi connectivity index (χ4v) is 16.7. The van der Waals surface area contributed by atoms with Gasteiger partial charge in [-0.3, -0.25) is 54.4 Å². The molecule has 5 aromatic heterocycles. The summed E-state index contributed by atoms with van der Waals surface area (Å²) < 4.78 is 193. The first-order chi connectivity index (χ1) is 67.0. The molecular formula is C97H120Cl5F15N20O5. The van der Waals surface area contributed by atoms with Gasteiger partial charge in [-0.25, -0.2) is 0 Å². The number of hydrogen-bond acceptors (Lipinski definition) is 15. The normalized spacial score (nSPS) is 13.5. The van der Waals surface area contributed by atoms with Crippen LogP contribution in [0.3, 0.4) is 0 Å². The summed E-state index contributed by atoms with van der Waals surface area (Å²) in [7, 11) is 0. The molecule has 5 amide bonds. The number of aryl methyl sites for hydroxylation is 2. The Morgan fingerprint density at radius 2 is 0.676 bits per heavy atom. The molecule has 7 heterocycles. The van der Waals surface area contributed by atoms with Gasteiger partial charge in [-0.05, 0) is 175 Å². The van der Waals surface area contributed by atoms with Crippen molar-refractivity contribution in [3.05, 3.63) is 260 Å². The number of H-pyrrole nitrogens is 5. The highest BCUT2D eigenvalue weighted by Gasteiger charge is 2.41. The van der Waals surface area contributed by atoms with E-state index < -0.39 is 88.9 Å². The minimum atomic E-state index is -4.60. The molecule has 5 aromatic carbocycles. The van der Waals surface area contributed by atoms with Crippen molar-refractivity contribution in [3.63, 3.8) is 0 Å². The molecule has 1 atom stereocenters. The number of benzene rings is 5. The molecule has 0 aliphatic carbocycles. The van der Waals surface area contributed by atoms with Crippen molar-refractivity contribution in [2.45, 2.75) is 184 Å². The van der Waals surface area contributed by atoms with Crippen molar-refractivity contribution in [3.8, 4) is 0 Å². The highest BCUT2D eigenvalue weighted by Crippen LogP contribution is 2.36. The molecule has 142 heavy (non-hydrogen) atoms. The third-order valence-electron chi connectivity index (χ3n) is 24.0. The fraction of sp³-hybridized carbons (Fsp3) is 0.485. The van der Waals surface area contributed by atoms with Crippen molar-refractivity contribution >= 4 is 87.5 Å². The minimum Gasteiger partial charge on any atom is -0.332 e. The summed E-state index contributed by atoms with van der Waals surface area (Å²) in [6.07, 6.45) is -17.3. The lowest BCUT2D eigenvalue weighted by Crippen LogP contribution is -2.43. The number of amides is 5. The third kappa shape index (κ3) is 35.3. The Bertz CT molecular complexity index is 5540. The maximum Gasteiger partial charge on any atom is 0.432 e. The second-order valence-electron chi connectivity index (χ2n) is 34.3. The van der Waals surface area contributed by atoms with E-state index in [4.69, 9.17) is 58.0 Å². The van der Waals surface area contributed by atoms with Crippen LogP contribution in [0.2, 0.25) is 25.1 Å². The molecule has 0 radical (unpaired) electrons. The maximum atomic E-state index is 13.0. The molecule has 1 unspecified atom stereocenters. The minimum absolute atomic E-state index is 0.0787. The van der Waals surface area contributed by atoms with Crippen LogP contribution in [-0.4, -0.2) is 260 Å². The van der Waals surface area contributed by atoms with Crippen LogP contribution >= 0.6 is 58.0 Å². The first-order valence-corrected chi connectivity index (χ1v) is 48.3. The lowest BCUT2D eigenvalue weighted by Gasteiger charge is -2.30. The zero-order chi connectivity index (χ0) is 105. The second kappa shape index (κ2) is 54.6. The first kappa shape index (κ1) is 117. The van der Waals surface area contributed by atoms with E-state index in [2.05, 4.69) is 63.8 Å². The van der Waals surface area contributed by atoms with E-state index in [1.54, 1.807) is 53.4 Å². The van der Waals surface area contributed by atoms with Crippen LogP contribution in [0.15, 0.2) is 133 Å². The topological polar surface area (TPSA) is 261 Å². The van der Waals surface area contributed by atoms with Crippen LogP contribution in [0.1, 0.15) is 226 Å². The van der Waals surface area contributed by atoms with E-state index in [0.717, 1.165) is 160 Å². The number of carbonyl (C=O) groups excluding carboxylic acids is 5. The summed E-state index contributed by atoms with van der Waals surface area (Å²) in [5, 5.41) is 29.8. The molecular weight excluding hydrogens is 1990 g/mol. The molecule has 45 heteroatoms. The molecule has 778 valence electrons. The van der Waals surface area contributed by atoms with E-state index in [-0.39, 0.29) is 66.6 Å². The van der Waals surface area contributed by atoms with Gasteiger partial charge in [-0.15, -0.1) is 0 Å². The number of rotatable bonds is 37. The number of alkyl halides is 15. The summed E-state index contributed by atoms with van der Waals surface area (Å²) in [4.78, 5) is 83.2. The number of nitrogens with one attached hydrogen (secondary N) is 5. The predicted molar refractivity (Wildman–Crippen MR) is 516 cm³/mol. The van der Waals surface area contributed by atoms with E-state index in [9.17, 15) is 89.8 Å². The van der Waals surface area contributed by atoms with Crippen LogP contribution in [0.5, 0.6) is 0 Å². The Morgan fingerprint density at radius 3 is 1.06 bits per heavy atom. The zero-order valence-corrected chi connectivity index (χ0v) is 84.5. The number of nitrogens with zero attached hydrogens (tertiary/aromatic N) is 15. The SMILES string of the molecule is CC(CN(Cc1ccccc1Cl)C(=O)c1cc(C(F)(F)F)[nH]n1)N1CCCC1.CCN(CC)CCN(Cc1cc(C)ccc1Cl)C(=O)c1cc(C(F)(F)F)[nH]n1.CCN(CC)CCN(Cc1cccc(C)c1Cl)C(=O)c1cc(C(F)(F)F)[nH]n1.CCN(CC)CCN(Cc1ccccc1C(C)C)C(=O)c1cc(C(F)(F)F)[nH]n1.O=C(c1cc(C(F)(F)F)[nH]n1)N(CCN1CCCCC1)Cc1c(Cl)cccc1Cl. The number of aromatic nitrogens is 10. The van der Waals surface area contributed by atoms with Gasteiger partial charge >= 0.3 is 30.9 Å². The van der Waals surface area contributed by atoms with Gasteiger partial charge in [0.2, 0.25) is 0 Å². The summed E-state index contributed by atoms with van der Waals surface area (Å²) in [5.41, 5.74) is 0.186. The highest BCUT2D eigenvalue weighted by molar-refractivity contribution is 6.36. The molecule has 0 bridgehead atoms. The number of aromatic amines is 5. The highest BCUT2D eigenvalue weighted by atomic mass is 35.5. The molecule has 2 aliphatic heterocycles. The maximum absolute atomic E-state index is 13.0. The van der Waals surface area contributed by atoms with Crippen LogP contribution in [0, 0.1) is 13.8 Å². The summed E-state index contributed by atoms with van der Waals surface area (Å²) in [6, 6.07) is 34.7. The second-order valence-corrected chi connectivity index (χ2v) is 36.3. The fourth-order valence-electron chi connectivity index (χ4n) is 15.6. The van der Waals surface area contributed by atoms with Gasteiger partial charge in [0.05, 0.1) is 0 Å². The number of likely N-dealkylation sites (N-methyl/N-ethyl adjacent to an activating group) is 3. The van der Waals surface area contributed by atoms with Gasteiger partial charge in [0.1, 0.15) is 28.5 Å². The van der Waals surface area contributed by atoms with Gasteiger partial charge in [0.15, 0.2) is 28.5 Å². The molecule has 0 spiro atoms. The summed E-state index contributed by atoms with van der Waals surface area (Å²) in [5.74, 6) is -2.55. The van der Waals surface area contributed by atoms with Gasteiger partial charge in [-0.2, -0.15) is 91.3 Å². The van der Waals surface area contributed by atoms with Crippen molar-refractivity contribution in [2.24, 2.45) is 0 Å². The Balaban J connectivity index is 0.000000217. The Morgan fingerprint density at radius 1 is 0.352 bits per heavy atom. The molecule has 0 saturated carbocycles. The molecule has 2 fully saturated rings. The molecule has 2 aliphatic rings. The Kier molecular flexibility index (Phi) is 45.0. The summed E-state index contributed by atoms with van der Waals surface area (Å²) in [6.45, 7) is 36.0. The van der Waals surface area contributed by atoms with Gasteiger partial charge in [0, 0.05) is 159 Å². The number of carbonyl (C=O) groups is 5. The number of likely N-dealkylation sites (tertiary alicyclic amines) is 2. The molecule has 10 aromatic rings. The first-order valence-electron chi connectivity index (χ1n) is 46.5. The third-order valence-corrected chi connectivity index (χ3v) is 26.0. The number of piperidine rings is 1. The van der Waals surface area contributed by atoms with Crippen LogP contribution in [-0.2, 0) is 63.6 Å². The molecule has 2 saturated heterocycles. The monoisotopic (exact) mass is 2100 g/mol. The van der Waals surface area contributed by atoms with Crippen LogP contribution in [0.4, 0.5) is 65.9 Å². The predicted octanol–water partition coefficient (Wildman–Crippen LogP) is 22.4. The van der Waals surface area contributed by atoms with Crippen molar-refractivity contribution in [1.29, 1.82) is 0 Å². The van der Waals surface area contributed by atoms with E-state index in [1.807, 2.05) is 142 Å².